The van der Waals surface area contributed by atoms with Crippen LogP contribution in [0.1, 0.15) is 11.8 Å². The fourth-order valence-corrected chi connectivity index (χ4v) is 1.73. The van der Waals surface area contributed by atoms with Crippen LogP contribution in [0.3, 0.4) is 0 Å². The van der Waals surface area contributed by atoms with Gasteiger partial charge >= 0.3 is 0 Å². The van der Waals surface area contributed by atoms with Crippen molar-refractivity contribution in [2.75, 3.05) is 0 Å². The summed E-state index contributed by atoms with van der Waals surface area (Å²) in [5.74, 6) is -0.147. The molecule has 0 spiro atoms. The molecular weight excluding hydrogens is 214 g/mol. The maximum Gasteiger partial charge on any atom is 0.225 e. The van der Waals surface area contributed by atoms with Crippen LogP contribution < -0.4 is 11.1 Å². The van der Waals surface area contributed by atoms with Gasteiger partial charge in [-0.3, -0.25) is 4.79 Å². The third-order valence-corrected chi connectivity index (χ3v) is 2.73. The summed E-state index contributed by atoms with van der Waals surface area (Å²) in [6.45, 7) is 1.65. The van der Waals surface area contributed by atoms with Gasteiger partial charge in [0, 0.05) is 4.88 Å². The minimum absolute atomic E-state index is 0.00507. The van der Waals surface area contributed by atoms with Crippen molar-refractivity contribution in [3.05, 3.63) is 22.4 Å². The highest BCUT2D eigenvalue weighted by Gasteiger charge is 2.11. The van der Waals surface area contributed by atoms with Crippen LogP contribution in [0, 0.1) is 0 Å². The minimum atomic E-state index is -0.456. The van der Waals surface area contributed by atoms with Crippen molar-refractivity contribution in [1.29, 1.82) is 0 Å². The molecule has 1 aromatic rings. The Balaban J connectivity index is 2.43. The zero-order chi connectivity index (χ0) is 11.3. The number of nitrogens with two attached hydrogens (primary N) is 1. The molecule has 82 valence electrons. The largest absolute Gasteiger partial charge is 0.409 e. The second-order valence-electron chi connectivity index (χ2n) is 3.07. The number of amides is 1. The zero-order valence-electron chi connectivity index (χ0n) is 8.30. The first-order valence-corrected chi connectivity index (χ1v) is 5.30. The van der Waals surface area contributed by atoms with E-state index in [1.807, 2.05) is 17.5 Å². The van der Waals surface area contributed by atoms with Gasteiger partial charge in [0.15, 0.2) is 5.84 Å². The number of nitrogens with one attached hydrogen (secondary N) is 1. The second kappa shape index (κ2) is 5.35. The fraction of sp³-hybridized carbons (Fsp3) is 0.333. The Morgan fingerprint density at radius 1 is 1.80 bits per heavy atom. The van der Waals surface area contributed by atoms with Crippen molar-refractivity contribution in [1.82, 2.24) is 5.32 Å². The van der Waals surface area contributed by atoms with Crippen molar-refractivity contribution in [3.8, 4) is 0 Å². The first-order valence-electron chi connectivity index (χ1n) is 4.42. The van der Waals surface area contributed by atoms with Gasteiger partial charge in [-0.05, 0) is 18.4 Å². The monoisotopic (exact) mass is 227 g/mol. The molecule has 6 heteroatoms. The van der Waals surface area contributed by atoms with E-state index in [1.54, 1.807) is 6.92 Å². The summed E-state index contributed by atoms with van der Waals surface area (Å²) in [6.07, 6.45) is 0.320. The second-order valence-corrected chi connectivity index (χ2v) is 4.10. The lowest BCUT2D eigenvalue weighted by Gasteiger charge is -2.11. The molecule has 0 aliphatic carbocycles. The molecule has 1 rings (SSSR count). The zero-order valence-corrected chi connectivity index (χ0v) is 9.12. The Morgan fingerprint density at radius 3 is 3.07 bits per heavy atom. The summed E-state index contributed by atoms with van der Waals surface area (Å²) in [6, 6.07) is 3.32. The first-order chi connectivity index (χ1) is 7.13. The van der Waals surface area contributed by atoms with Gasteiger partial charge in [0.25, 0.3) is 0 Å². The topological polar surface area (TPSA) is 87.7 Å². The number of hydrogen-bond acceptors (Lipinski definition) is 4. The van der Waals surface area contributed by atoms with Crippen LogP contribution in [0.2, 0.25) is 0 Å². The average Bonchev–Trinajstić information content (AvgIpc) is 2.68. The molecule has 1 heterocycles. The molecule has 1 atom stereocenters. The predicted octanol–water partition coefficient (Wildman–Crippen LogP) is 0.542. The van der Waals surface area contributed by atoms with Crippen molar-refractivity contribution in [2.24, 2.45) is 10.9 Å². The highest BCUT2D eigenvalue weighted by Crippen LogP contribution is 2.08. The number of nitrogens with zero attached hydrogens (tertiary/aromatic N) is 1. The predicted molar refractivity (Wildman–Crippen MR) is 59.0 cm³/mol. The molecule has 0 aliphatic heterocycles. The molecule has 0 radical (unpaired) electrons. The molecule has 0 saturated carbocycles. The Hall–Kier alpha value is -1.56. The normalized spacial score (nSPS) is 13.5. The van der Waals surface area contributed by atoms with E-state index in [2.05, 4.69) is 10.5 Å². The molecule has 5 nitrogen and oxygen atoms in total. The third-order valence-electron chi connectivity index (χ3n) is 1.85. The van der Waals surface area contributed by atoms with Crippen LogP contribution in [-0.4, -0.2) is 23.0 Å². The molecule has 0 fully saturated rings. The standard InChI is InChI=1S/C9H13N3O2S/c1-6(9(10)12-14)11-8(13)5-7-3-2-4-15-7/h2-4,6,14H,5H2,1H3,(H2,10,12)(H,11,13). The van der Waals surface area contributed by atoms with Gasteiger partial charge in [0.2, 0.25) is 5.91 Å². The van der Waals surface area contributed by atoms with E-state index >= 15 is 0 Å². The van der Waals surface area contributed by atoms with E-state index in [1.165, 1.54) is 11.3 Å². The highest BCUT2D eigenvalue weighted by molar-refractivity contribution is 7.10. The van der Waals surface area contributed by atoms with Crippen LogP contribution in [0.4, 0.5) is 0 Å². The maximum absolute atomic E-state index is 11.4. The van der Waals surface area contributed by atoms with Crippen LogP contribution in [0.25, 0.3) is 0 Å². The number of carbonyl (C=O) groups excluding carboxylic acids is 1. The lowest BCUT2D eigenvalue weighted by molar-refractivity contribution is -0.120. The van der Waals surface area contributed by atoms with E-state index in [0.717, 1.165) is 4.88 Å². The lowest BCUT2D eigenvalue weighted by Crippen LogP contribution is -2.42. The van der Waals surface area contributed by atoms with Gasteiger partial charge < -0.3 is 16.3 Å². The molecule has 15 heavy (non-hydrogen) atoms. The summed E-state index contributed by atoms with van der Waals surface area (Å²) < 4.78 is 0. The fourth-order valence-electron chi connectivity index (χ4n) is 1.02. The van der Waals surface area contributed by atoms with E-state index in [0.29, 0.717) is 6.42 Å². The highest BCUT2D eigenvalue weighted by atomic mass is 32.1. The van der Waals surface area contributed by atoms with Crippen molar-refractivity contribution in [3.63, 3.8) is 0 Å². The van der Waals surface area contributed by atoms with E-state index in [9.17, 15) is 4.79 Å². The van der Waals surface area contributed by atoms with E-state index in [-0.39, 0.29) is 11.7 Å². The molecule has 4 N–H and O–H groups in total. The number of thiophene rings is 1. The minimum Gasteiger partial charge on any atom is -0.409 e. The summed E-state index contributed by atoms with van der Waals surface area (Å²) in [5, 5.41) is 15.7. The van der Waals surface area contributed by atoms with Crippen molar-refractivity contribution < 1.29 is 10.0 Å². The molecular formula is C9H13N3O2S. The number of carbonyl (C=O) groups is 1. The van der Waals surface area contributed by atoms with Crippen LogP contribution in [-0.2, 0) is 11.2 Å². The van der Waals surface area contributed by atoms with Gasteiger partial charge in [0.1, 0.15) is 0 Å². The third kappa shape index (κ3) is 3.59. The molecule has 0 bridgehead atoms. The molecule has 1 aromatic heterocycles. The van der Waals surface area contributed by atoms with Gasteiger partial charge in [-0.25, -0.2) is 0 Å². The van der Waals surface area contributed by atoms with Crippen LogP contribution in [0.5, 0.6) is 0 Å². The van der Waals surface area contributed by atoms with Crippen LogP contribution >= 0.6 is 11.3 Å². The summed E-state index contributed by atoms with van der Waals surface area (Å²) in [7, 11) is 0. The van der Waals surface area contributed by atoms with E-state index < -0.39 is 6.04 Å². The molecule has 1 amide bonds. The summed E-state index contributed by atoms with van der Waals surface area (Å²) in [5.41, 5.74) is 5.33. The number of hydrogen-bond donors (Lipinski definition) is 3. The number of rotatable bonds is 4. The van der Waals surface area contributed by atoms with Crippen LogP contribution in [0.15, 0.2) is 22.7 Å². The summed E-state index contributed by atoms with van der Waals surface area (Å²) in [4.78, 5) is 12.4. The molecule has 0 saturated heterocycles. The van der Waals surface area contributed by atoms with Gasteiger partial charge in [-0.2, -0.15) is 0 Å². The van der Waals surface area contributed by atoms with Crippen molar-refractivity contribution >= 4 is 23.1 Å². The maximum atomic E-state index is 11.4. The molecule has 1 unspecified atom stereocenters. The Bertz CT molecular complexity index is 348. The van der Waals surface area contributed by atoms with Crippen molar-refractivity contribution in [2.45, 2.75) is 19.4 Å². The molecule has 0 aliphatic rings. The first kappa shape index (κ1) is 11.5. The summed E-state index contributed by atoms with van der Waals surface area (Å²) >= 11 is 1.52. The number of amidine groups is 1. The Kier molecular flexibility index (Phi) is 4.11. The van der Waals surface area contributed by atoms with E-state index in [4.69, 9.17) is 10.9 Å². The number of oxime groups is 1. The Labute approximate surface area is 91.6 Å². The quantitative estimate of drug-likeness (QED) is 0.303. The van der Waals surface area contributed by atoms with Gasteiger partial charge in [-0.1, -0.05) is 11.2 Å². The van der Waals surface area contributed by atoms with Gasteiger partial charge in [0.05, 0.1) is 12.5 Å². The lowest BCUT2D eigenvalue weighted by atomic mass is 10.2. The SMILES string of the molecule is CC(NC(=O)Cc1cccs1)/C(N)=N/O. The molecule has 0 aromatic carbocycles. The smallest absolute Gasteiger partial charge is 0.225 e. The Morgan fingerprint density at radius 2 is 2.53 bits per heavy atom. The average molecular weight is 227 g/mol. The van der Waals surface area contributed by atoms with Gasteiger partial charge in [-0.15, -0.1) is 11.3 Å².